The molecule has 0 aliphatic carbocycles. The minimum atomic E-state index is -2.91. The minimum Gasteiger partial charge on any atom is -0.435 e. The van der Waals surface area contributed by atoms with Crippen molar-refractivity contribution in [1.29, 1.82) is 0 Å². The van der Waals surface area contributed by atoms with E-state index in [4.69, 9.17) is 0 Å². The van der Waals surface area contributed by atoms with Crippen molar-refractivity contribution in [3.05, 3.63) is 23.8 Å². The second-order valence-electron chi connectivity index (χ2n) is 5.36. The van der Waals surface area contributed by atoms with E-state index < -0.39 is 16.4 Å². The first kappa shape index (κ1) is 16.0. The van der Waals surface area contributed by atoms with Gasteiger partial charge >= 0.3 is 6.61 Å². The number of hydrogen-bond acceptors (Lipinski definition) is 4. The molecule has 0 saturated carbocycles. The third-order valence-corrected chi connectivity index (χ3v) is 5.45. The third-order valence-electron chi connectivity index (χ3n) is 3.56. The summed E-state index contributed by atoms with van der Waals surface area (Å²) in [6.45, 7) is -0.483. The quantitative estimate of drug-likeness (QED) is 0.907. The fourth-order valence-electron chi connectivity index (χ4n) is 2.54. The molecule has 1 aromatic carbocycles. The maximum Gasteiger partial charge on any atom is 0.387 e. The van der Waals surface area contributed by atoms with Crippen LogP contribution in [0.1, 0.15) is 18.4 Å². The maximum atomic E-state index is 12.1. The van der Waals surface area contributed by atoms with Gasteiger partial charge in [-0.2, -0.15) is 8.78 Å². The summed E-state index contributed by atoms with van der Waals surface area (Å²) in [5.41, 5.74) is 1.59. The van der Waals surface area contributed by atoms with Crippen LogP contribution in [0.2, 0.25) is 0 Å². The molecular weight excluding hydrogens is 300 g/mol. The van der Waals surface area contributed by atoms with Crippen molar-refractivity contribution in [2.45, 2.75) is 26.4 Å². The summed E-state index contributed by atoms with van der Waals surface area (Å²) < 4.78 is 51.7. The summed E-state index contributed by atoms with van der Waals surface area (Å²) in [4.78, 5) is 0. The Morgan fingerprint density at radius 3 is 2.81 bits per heavy atom. The fraction of sp³-hybridized carbons (Fsp3) is 0.571. The summed E-state index contributed by atoms with van der Waals surface area (Å²) in [5, 5.41) is 3.19. The summed E-state index contributed by atoms with van der Waals surface area (Å²) >= 11 is 0. The highest BCUT2D eigenvalue weighted by Gasteiger charge is 2.24. The normalized spacial score (nSPS) is 21.2. The first-order chi connectivity index (χ1) is 9.85. The molecule has 1 N–H and O–H groups in total. The van der Waals surface area contributed by atoms with E-state index in [0.717, 1.165) is 17.7 Å². The largest absolute Gasteiger partial charge is 0.435 e. The summed E-state index contributed by atoms with van der Waals surface area (Å²) in [5.74, 6) is 0.710. The fourth-order valence-corrected chi connectivity index (χ4v) is 4.32. The van der Waals surface area contributed by atoms with E-state index in [1.54, 1.807) is 13.0 Å². The highest BCUT2D eigenvalue weighted by atomic mass is 32.2. The van der Waals surface area contributed by atoms with Crippen molar-refractivity contribution in [1.82, 2.24) is 0 Å². The molecule has 21 heavy (non-hydrogen) atoms. The zero-order valence-corrected chi connectivity index (χ0v) is 12.6. The van der Waals surface area contributed by atoms with Gasteiger partial charge in [0.05, 0.1) is 11.5 Å². The van der Waals surface area contributed by atoms with Crippen molar-refractivity contribution in [3.8, 4) is 5.75 Å². The van der Waals surface area contributed by atoms with E-state index in [1.807, 2.05) is 0 Å². The van der Waals surface area contributed by atoms with Crippen LogP contribution in [0.4, 0.5) is 14.5 Å². The van der Waals surface area contributed by atoms with Crippen LogP contribution in [-0.4, -0.2) is 33.1 Å². The predicted molar refractivity (Wildman–Crippen MR) is 77.7 cm³/mol. The average Bonchev–Trinajstić information content (AvgIpc) is 2.36. The van der Waals surface area contributed by atoms with Crippen LogP contribution in [0.5, 0.6) is 5.75 Å². The Kier molecular flexibility index (Phi) is 5.03. The molecule has 1 heterocycles. The summed E-state index contributed by atoms with van der Waals surface area (Å²) in [6.07, 6.45) is 1.59. The van der Waals surface area contributed by atoms with Crippen molar-refractivity contribution in [3.63, 3.8) is 0 Å². The lowest BCUT2D eigenvalue weighted by Crippen LogP contribution is -2.29. The highest BCUT2D eigenvalue weighted by molar-refractivity contribution is 7.91. The van der Waals surface area contributed by atoms with Crippen LogP contribution in [-0.2, 0) is 9.84 Å². The first-order valence-electron chi connectivity index (χ1n) is 6.85. The maximum absolute atomic E-state index is 12.1. The zero-order chi connectivity index (χ0) is 15.5. The van der Waals surface area contributed by atoms with Crippen LogP contribution >= 0.6 is 0 Å². The van der Waals surface area contributed by atoms with E-state index >= 15 is 0 Å². The molecule has 0 radical (unpaired) electrons. The predicted octanol–water partition coefficient (Wildman–Crippen LogP) is 2.83. The molecule has 0 amide bonds. The van der Waals surface area contributed by atoms with Crippen LogP contribution in [0.25, 0.3) is 0 Å². The molecular formula is C14H19F2NO3S. The SMILES string of the molecule is Cc1cc(OC(F)F)ccc1NCC1CCCS(=O)(=O)C1. The number of sulfone groups is 1. The number of benzene rings is 1. The number of alkyl halides is 2. The Hall–Kier alpha value is -1.37. The zero-order valence-electron chi connectivity index (χ0n) is 11.8. The topological polar surface area (TPSA) is 55.4 Å². The average molecular weight is 319 g/mol. The molecule has 0 aromatic heterocycles. The Bertz CT molecular complexity index is 590. The lowest BCUT2D eigenvalue weighted by Gasteiger charge is -2.23. The van der Waals surface area contributed by atoms with Gasteiger partial charge in [-0.1, -0.05) is 0 Å². The van der Waals surface area contributed by atoms with Crippen molar-refractivity contribution >= 4 is 15.5 Å². The monoisotopic (exact) mass is 319 g/mol. The third kappa shape index (κ3) is 4.84. The van der Waals surface area contributed by atoms with E-state index in [2.05, 4.69) is 10.1 Å². The van der Waals surface area contributed by atoms with Gasteiger partial charge in [-0.15, -0.1) is 0 Å². The van der Waals surface area contributed by atoms with Crippen LogP contribution in [0, 0.1) is 12.8 Å². The summed E-state index contributed by atoms with van der Waals surface area (Å²) in [6, 6.07) is 4.68. The van der Waals surface area contributed by atoms with E-state index in [0.29, 0.717) is 13.0 Å². The lowest BCUT2D eigenvalue weighted by atomic mass is 10.1. The number of rotatable bonds is 5. The van der Waals surface area contributed by atoms with Gasteiger partial charge in [0.1, 0.15) is 5.75 Å². The molecule has 1 saturated heterocycles. The second-order valence-corrected chi connectivity index (χ2v) is 7.59. The second kappa shape index (κ2) is 6.60. The molecule has 2 rings (SSSR count). The van der Waals surface area contributed by atoms with Crippen molar-refractivity contribution in [2.75, 3.05) is 23.4 Å². The number of anilines is 1. The smallest absolute Gasteiger partial charge is 0.387 e. The molecule has 1 aliphatic heterocycles. The first-order valence-corrected chi connectivity index (χ1v) is 8.67. The van der Waals surface area contributed by atoms with Crippen molar-refractivity contribution in [2.24, 2.45) is 5.92 Å². The number of hydrogen-bond donors (Lipinski definition) is 1. The molecule has 4 nitrogen and oxygen atoms in total. The Labute approximate surface area is 123 Å². The number of aryl methyl sites for hydroxylation is 1. The van der Waals surface area contributed by atoms with Gasteiger partial charge in [-0.25, -0.2) is 8.42 Å². The molecule has 0 bridgehead atoms. The molecule has 0 spiro atoms. The summed E-state index contributed by atoms with van der Waals surface area (Å²) in [7, 11) is -2.91. The minimum absolute atomic E-state index is 0.0974. The molecule has 1 aliphatic rings. The van der Waals surface area contributed by atoms with Gasteiger partial charge in [-0.05, 0) is 49.4 Å². The molecule has 1 unspecified atom stereocenters. The van der Waals surface area contributed by atoms with Crippen LogP contribution < -0.4 is 10.1 Å². The van der Waals surface area contributed by atoms with Gasteiger partial charge in [0.25, 0.3) is 0 Å². The van der Waals surface area contributed by atoms with Gasteiger partial charge in [0.15, 0.2) is 9.84 Å². The molecule has 7 heteroatoms. The Morgan fingerprint density at radius 1 is 1.43 bits per heavy atom. The van der Waals surface area contributed by atoms with Gasteiger partial charge in [0.2, 0.25) is 0 Å². The van der Waals surface area contributed by atoms with Gasteiger partial charge in [0, 0.05) is 12.2 Å². The number of nitrogens with one attached hydrogen (secondary N) is 1. The molecule has 1 aromatic rings. The Balaban J connectivity index is 1.94. The molecule has 1 atom stereocenters. The van der Waals surface area contributed by atoms with Crippen LogP contribution in [0.3, 0.4) is 0 Å². The molecule has 1 fully saturated rings. The van der Waals surface area contributed by atoms with E-state index in [-0.39, 0.29) is 23.2 Å². The standard InChI is InChI=1S/C14H19F2NO3S/c1-10-7-12(20-14(15)16)4-5-13(10)17-8-11-3-2-6-21(18,19)9-11/h4-5,7,11,14,17H,2-3,6,8-9H2,1H3. The van der Waals surface area contributed by atoms with Crippen LogP contribution in [0.15, 0.2) is 18.2 Å². The van der Waals surface area contributed by atoms with Gasteiger partial charge < -0.3 is 10.1 Å². The lowest BCUT2D eigenvalue weighted by molar-refractivity contribution is -0.0498. The van der Waals surface area contributed by atoms with E-state index in [1.165, 1.54) is 12.1 Å². The molecule has 118 valence electrons. The highest BCUT2D eigenvalue weighted by Crippen LogP contribution is 2.24. The Morgan fingerprint density at radius 2 is 2.19 bits per heavy atom. The van der Waals surface area contributed by atoms with E-state index in [9.17, 15) is 17.2 Å². The number of halogens is 2. The number of ether oxygens (including phenoxy) is 1. The van der Waals surface area contributed by atoms with Crippen molar-refractivity contribution < 1.29 is 21.9 Å². The van der Waals surface area contributed by atoms with Gasteiger partial charge in [-0.3, -0.25) is 0 Å².